The Balaban J connectivity index is 1.93. The summed E-state index contributed by atoms with van der Waals surface area (Å²) < 4.78 is 7.01. The standard InChI is InChI=1S/C18H22N6O2/c1-6-24(12-8-7-9-19-10-12)16(25)13-11-20-15(23(13)5)14-21-17(26-22-14)18(2,3)4/h7-11H,6H2,1-5H3. The highest BCUT2D eigenvalue weighted by atomic mass is 16.5. The van der Waals surface area contributed by atoms with Crippen LogP contribution >= 0.6 is 0 Å². The summed E-state index contributed by atoms with van der Waals surface area (Å²) in [7, 11) is 1.76. The number of nitrogens with zero attached hydrogens (tertiary/aromatic N) is 6. The molecular formula is C18H22N6O2. The largest absolute Gasteiger partial charge is 0.338 e. The van der Waals surface area contributed by atoms with Crippen LogP contribution in [0.5, 0.6) is 0 Å². The molecule has 0 radical (unpaired) electrons. The lowest BCUT2D eigenvalue weighted by atomic mass is 9.97. The van der Waals surface area contributed by atoms with E-state index >= 15 is 0 Å². The molecule has 3 aromatic rings. The van der Waals surface area contributed by atoms with Gasteiger partial charge < -0.3 is 14.0 Å². The Bertz CT molecular complexity index is 907. The van der Waals surface area contributed by atoms with Crippen LogP contribution in [0.15, 0.2) is 35.2 Å². The second-order valence-corrected chi connectivity index (χ2v) is 6.96. The van der Waals surface area contributed by atoms with Crippen molar-refractivity contribution in [3.63, 3.8) is 0 Å². The molecule has 0 fully saturated rings. The van der Waals surface area contributed by atoms with Crippen LogP contribution in [0.25, 0.3) is 11.6 Å². The van der Waals surface area contributed by atoms with Gasteiger partial charge in [-0.3, -0.25) is 9.78 Å². The lowest BCUT2D eigenvalue weighted by Crippen LogP contribution is -2.32. The number of hydrogen-bond donors (Lipinski definition) is 0. The molecule has 0 aromatic carbocycles. The van der Waals surface area contributed by atoms with Crippen molar-refractivity contribution in [2.45, 2.75) is 33.1 Å². The molecule has 8 heteroatoms. The van der Waals surface area contributed by atoms with E-state index < -0.39 is 0 Å². The number of pyridine rings is 1. The zero-order valence-electron chi connectivity index (χ0n) is 15.6. The van der Waals surface area contributed by atoms with Gasteiger partial charge in [0.1, 0.15) is 5.69 Å². The first kappa shape index (κ1) is 17.8. The van der Waals surface area contributed by atoms with Crippen LogP contribution in [0.1, 0.15) is 44.1 Å². The zero-order valence-corrected chi connectivity index (χ0v) is 15.6. The first-order chi connectivity index (χ1) is 12.3. The molecule has 0 bridgehead atoms. The number of carbonyl (C=O) groups is 1. The second-order valence-electron chi connectivity index (χ2n) is 6.96. The van der Waals surface area contributed by atoms with Crippen molar-refractivity contribution in [1.29, 1.82) is 0 Å². The molecule has 0 unspecified atom stereocenters. The number of carbonyl (C=O) groups excluding carboxylic acids is 1. The summed E-state index contributed by atoms with van der Waals surface area (Å²) in [5.74, 6) is 1.20. The molecule has 0 aliphatic carbocycles. The third-order valence-corrected chi connectivity index (χ3v) is 3.99. The predicted molar refractivity (Wildman–Crippen MR) is 96.8 cm³/mol. The van der Waals surface area contributed by atoms with Crippen molar-refractivity contribution in [3.05, 3.63) is 42.3 Å². The molecule has 26 heavy (non-hydrogen) atoms. The van der Waals surface area contributed by atoms with Gasteiger partial charge in [0.25, 0.3) is 5.91 Å². The quantitative estimate of drug-likeness (QED) is 0.715. The Morgan fingerprint density at radius 2 is 2.08 bits per heavy atom. The van der Waals surface area contributed by atoms with Crippen LogP contribution in [0, 0.1) is 0 Å². The van der Waals surface area contributed by atoms with Gasteiger partial charge in [0.05, 0.1) is 18.1 Å². The minimum atomic E-state index is -0.256. The first-order valence-electron chi connectivity index (χ1n) is 8.41. The van der Waals surface area contributed by atoms with Crippen LogP contribution < -0.4 is 4.90 Å². The molecule has 1 amide bonds. The van der Waals surface area contributed by atoms with Crippen molar-refractivity contribution in [3.8, 4) is 11.6 Å². The number of imidazole rings is 1. The molecule has 0 saturated heterocycles. The highest BCUT2D eigenvalue weighted by Gasteiger charge is 2.26. The van der Waals surface area contributed by atoms with E-state index in [-0.39, 0.29) is 11.3 Å². The first-order valence-corrected chi connectivity index (χ1v) is 8.41. The van der Waals surface area contributed by atoms with Gasteiger partial charge in [-0.15, -0.1) is 0 Å². The van der Waals surface area contributed by atoms with Gasteiger partial charge in [-0.2, -0.15) is 4.98 Å². The van der Waals surface area contributed by atoms with Gasteiger partial charge in [0, 0.05) is 25.2 Å². The average Bonchev–Trinajstić information content (AvgIpc) is 3.22. The average molecular weight is 354 g/mol. The molecule has 0 aliphatic rings. The molecule has 8 nitrogen and oxygen atoms in total. The van der Waals surface area contributed by atoms with Crippen LogP contribution in [0.3, 0.4) is 0 Å². The van der Waals surface area contributed by atoms with Gasteiger partial charge in [0.2, 0.25) is 11.7 Å². The van der Waals surface area contributed by atoms with E-state index in [1.807, 2.05) is 33.8 Å². The van der Waals surface area contributed by atoms with Crippen molar-refractivity contribution < 1.29 is 9.32 Å². The molecule has 0 N–H and O–H groups in total. The third kappa shape index (κ3) is 3.22. The Morgan fingerprint density at radius 3 is 2.65 bits per heavy atom. The minimum Gasteiger partial charge on any atom is -0.338 e. The van der Waals surface area contributed by atoms with Crippen molar-refractivity contribution >= 4 is 11.6 Å². The van der Waals surface area contributed by atoms with E-state index in [0.717, 1.165) is 5.69 Å². The SMILES string of the molecule is CCN(C(=O)c1cnc(-c2noc(C(C)(C)C)n2)n1C)c1cccnc1. The maximum absolute atomic E-state index is 13.0. The molecule has 136 valence electrons. The molecule has 3 aromatic heterocycles. The van der Waals surface area contributed by atoms with E-state index in [1.165, 1.54) is 6.20 Å². The molecule has 0 spiro atoms. The van der Waals surface area contributed by atoms with Gasteiger partial charge in [-0.1, -0.05) is 25.9 Å². The molecule has 3 rings (SSSR count). The normalized spacial score (nSPS) is 11.6. The van der Waals surface area contributed by atoms with Gasteiger partial charge >= 0.3 is 0 Å². The summed E-state index contributed by atoms with van der Waals surface area (Å²) in [6, 6.07) is 3.65. The van der Waals surface area contributed by atoms with E-state index in [2.05, 4.69) is 20.1 Å². The smallest absolute Gasteiger partial charge is 0.276 e. The fourth-order valence-corrected chi connectivity index (χ4v) is 2.53. The van der Waals surface area contributed by atoms with E-state index in [1.54, 1.807) is 35.0 Å². The number of amides is 1. The molecule has 0 aliphatic heterocycles. The van der Waals surface area contributed by atoms with Gasteiger partial charge in [-0.25, -0.2) is 4.98 Å². The van der Waals surface area contributed by atoms with Crippen LogP contribution in [0.4, 0.5) is 5.69 Å². The predicted octanol–water partition coefficient (Wildman–Crippen LogP) is 2.83. The van der Waals surface area contributed by atoms with Crippen molar-refractivity contribution in [1.82, 2.24) is 24.7 Å². The molecule has 3 heterocycles. The van der Waals surface area contributed by atoms with Gasteiger partial charge in [-0.05, 0) is 19.1 Å². The number of hydrogen-bond acceptors (Lipinski definition) is 6. The zero-order chi connectivity index (χ0) is 18.9. The number of rotatable bonds is 4. The topological polar surface area (TPSA) is 89.9 Å². The molecular weight excluding hydrogens is 332 g/mol. The van der Waals surface area contributed by atoms with Gasteiger partial charge in [0.15, 0.2) is 5.82 Å². The summed E-state index contributed by atoms with van der Waals surface area (Å²) >= 11 is 0. The highest BCUT2D eigenvalue weighted by molar-refractivity contribution is 6.05. The van der Waals surface area contributed by atoms with Crippen LogP contribution in [-0.4, -0.2) is 37.1 Å². The second kappa shape index (κ2) is 6.70. The third-order valence-electron chi connectivity index (χ3n) is 3.99. The maximum atomic E-state index is 13.0. The summed E-state index contributed by atoms with van der Waals surface area (Å²) in [6.07, 6.45) is 4.87. The lowest BCUT2D eigenvalue weighted by Gasteiger charge is -2.20. The van der Waals surface area contributed by atoms with Crippen LogP contribution in [0.2, 0.25) is 0 Å². The van der Waals surface area contributed by atoms with Crippen molar-refractivity contribution in [2.75, 3.05) is 11.4 Å². The Labute approximate surface area is 151 Å². The summed E-state index contributed by atoms with van der Waals surface area (Å²) in [5.41, 5.74) is 0.916. The molecule has 0 atom stereocenters. The fourth-order valence-electron chi connectivity index (χ4n) is 2.53. The molecule has 0 saturated carbocycles. The summed E-state index contributed by atoms with van der Waals surface area (Å²) in [5, 5.41) is 4.01. The monoisotopic (exact) mass is 354 g/mol. The van der Waals surface area contributed by atoms with E-state index in [4.69, 9.17) is 4.52 Å². The Morgan fingerprint density at radius 1 is 1.31 bits per heavy atom. The Kier molecular flexibility index (Phi) is 4.58. The number of anilines is 1. The Hall–Kier alpha value is -3.03. The highest BCUT2D eigenvalue weighted by Crippen LogP contribution is 2.24. The summed E-state index contributed by atoms with van der Waals surface area (Å²) in [4.78, 5) is 27.4. The van der Waals surface area contributed by atoms with E-state index in [9.17, 15) is 4.79 Å². The number of aromatic nitrogens is 5. The lowest BCUT2D eigenvalue weighted by molar-refractivity contribution is 0.0980. The maximum Gasteiger partial charge on any atom is 0.276 e. The minimum absolute atomic E-state index is 0.165. The summed E-state index contributed by atoms with van der Waals surface area (Å²) in [6.45, 7) is 8.40. The fraction of sp³-hybridized carbons (Fsp3) is 0.389. The van der Waals surface area contributed by atoms with Crippen molar-refractivity contribution in [2.24, 2.45) is 7.05 Å². The van der Waals surface area contributed by atoms with Crippen LogP contribution in [-0.2, 0) is 12.5 Å². The van der Waals surface area contributed by atoms with E-state index in [0.29, 0.717) is 29.8 Å².